The Morgan fingerprint density at radius 3 is 3.19 bits per heavy atom. The molecule has 0 aromatic carbocycles. The molecule has 7 nitrogen and oxygen atoms in total. The van der Waals surface area contributed by atoms with Crippen LogP contribution in [-0.4, -0.2) is 48.3 Å². The summed E-state index contributed by atoms with van der Waals surface area (Å²) in [6.45, 7) is -0.281. The van der Waals surface area contributed by atoms with Gasteiger partial charge in [0.25, 0.3) is 0 Å². The SMILES string of the molecule is O=c1[nH]nc2cc(SCC(O)CO)ncn12. The van der Waals surface area contributed by atoms with Gasteiger partial charge >= 0.3 is 5.69 Å². The van der Waals surface area contributed by atoms with Crippen molar-refractivity contribution in [1.82, 2.24) is 19.6 Å². The van der Waals surface area contributed by atoms with Crippen LogP contribution in [-0.2, 0) is 0 Å². The molecule has 3 N–H and O–H groups in total. The molecule has 2 rings (SSSR count). The highest BCUT2D eigenvalue weighted by Crippen LogP contribution is 2.16. The van der Waals surface area contributed by atoms with Gasteiger partial charge in [0, 0.05) is 11.8 Å². The van der Waals surface area contributed by atoms with Gasteiger partial charge in [0.05, 0.1) is 12.7 Å². The smallest absolute Gasteiger partial charge is 0.348 e. The van der Waals surface area contributed by atoms with Crippen molar-refractivity contribution in [2.45, 2.75) is 11.1 Å². The summed E-state index contributed by atoms with van der Waals surface area (Å²) in [6.07, 6.45) is 0.596. The van der Waals surface area contributed by atoms with Gasteiger partial charge in [0.15, 0.2) is 5.65 Å². The second-order valence-corrected chi connectivity index (χ2v) is 4.17. The molecule has 8 heteroatoms. The van der Waals surface area contributed by atoms with Crippen molar-refractivity contribution in [1.29, 1.82) is 0 Å². The largest absolute Gasteiger partial charge is 0.394 e. The number of aromatic amines is 1. The molecule has 0 aliphatic carbocycles. The number of nitrogens with one attached hydrogen (secondary N) is 1. The molecule has 16 heavy (non-hydrogen) atoms. The third-order valence-corrected chi connectivity index (χ3v) is 2.99. The Bertz CT molecular complexity index is 537. The van der Waals surface area contributed by atoms with E-state index < -0.39 is 6.10 Å². The molecular formula is C8H10N4O3S. The van der Waals surface area contributed by atoms with Crippen LogP contribution in [0, 0.1) is 0 Å². The van der Waals surface area contributed by atoms with Gasteiger partial charge < -0.3 is 10.2 Å². The lowest BCUT2D eigenvalue weighted by atomic mass is 10.4. The number of H-pyrrole nitrogens is 1. The molecule has 2 aromatic heterocycles. The van der Waals surface area contributed by atoms with E-state index in [4.69, 9.17) is 10.2 Å². The fourth-order valence-corrected chi connectivity index (χ4v) is 1.88. The van der Waals surface area contributed by atoms with Gasteiger partial charge in [-0.1, -0.05) is 0 Å². The highest BCUT2D eigenvalue weighted by molar-refractivity contribution is 7.99. The van der Waals surface area contributed by atoms with Crippen LogP contribution in [0.5, 0.6) is 0 Å². The van der Waals surface area contributed by atoms with Crippen molar-refractivity contribution in [2.75, 3.05) is 12.4 Å². The van der Waals surface area contributed by atoms with E-state index in [2.05, 4.69) is 15.2 Å². The average molecular weight is 242 g/mol. The van der Waals surface area contributed by atoms with Crippen LogP contribution in [0.3, 0.4) is 0 Å². The van der Waals surface area contributed by atoms with E-state index in [1.54, 1.807) is 6.07 Å². The molecule has 86 valence electrons. The average Bonchev–Trinajstić information content (AvgIpc) is 2.67. The molecule has 2 aromatic rings. The van der Waals surface area contributed by atoms with Crippen molar-refractivity contribution in [3.8, 4) is 0 Å². The Balaban J connectivity index is 2.17. The summed E-state index contributed by atoms with van der Waals surface area (Å²) in [6, 6.07) is 1.63. The topological polar surface area (TPSA) is 104 Å². The molecule has 0 saturated heterocycles. The Hall–Kier alpha value is -1.38. The lowest BCUT2D eigenvalue weighted by Crippen LogP contribution is -2.14. The van der Waals surface area contributed by atoms with Crippen LogP contribution in [0.4, 0.5) is 0 Å². The van der Waals surface area contributed by atoms with Crippen molar-refractivity contribution in [3.63, 3.8) is 0 Å². The molecule has 0 radical (unpaired) electrons. The summed E-state index contributed by atoms with van der Waals surface area (Å²) in [4.78, 5) is 15.1. The van der Waals surface area contributed by atoms with Crippen LogP contribution < -0.4 is 5.69 Å². The lowest BCUT2D eigenvalue weighted by molar-refractivity contribution is 0.113. The first-order valence-electron chi connectivity index (χ1n) is 4.55. The zero-order chi connectivity index (χ0) is 11.5. The van der Waals surface area contributed by atoms with Crippen molar-refractivity contribution in [2.24, 2.45) is 0 Å². The van der Waals surface area contributed by atoms with Gasteiger partial charge in [0.2, 0.25) is 0 Å². The molecule has 0 amide bonds. The fourth-order valence-electron chi connectivity index (χ4n) is 1.11. The molecule has 1 unspecified atom stereocenters. The fraction of sp³-hybridized carbons (Fsp3) is 0.375. The monoisotopic (exact) mass is 242 g/mol. The minimum Gasteiger partial charge on any atom is -0.394 e. The minimum atomic E-state index is -0.774. The van der Waals surface area contributed by atoms with Gasteiger partial charge in [-0.15, -0.1) is 11.8 Å². The Morgan fingerprint density at radius 1 is 1.62 bits per heavy atom. The first-order chi connectivity index (χ1) is 7.70. The summed E-state index contributed by atoms with van der Waals surface area (Å²) in [5.41, 5.74) is 0.135. The van der Waals surface area contributed by atoms with Crippen LogP contribution in [0.1, 0.15) is 0 Å². The van der Waals surface area contributed by atoms with E-state index in [0.717, 1.165) is 0 Å². The molecule has 2 heterocycles. The number of hydrogen-bond donors (Lipinski definition) is 3. The van der Waals surface area contributed by atoms with Crippen LogP contribution in [0.15, 0.2) is 22.2 Å². The number of hydrogen-bond acceptors (Lipinski definition) is 6. The maximum absolute atomic E-state index is 11.1. The minimum absolute atomic E-state index is 0.281. The number of aliphatic hydroxyl groups is 2. The summed E-state index contributed by atoms with van der Waals surface area (Å²) in [5, 5.41) is 24.5. The molecule has 0 aliphatic rings. The third-order valence-electron chi connectivity index (χ3n) is 1.92. The Labute approximate surface area is 94.1 Å². The van der Waals surface area contributed by atoms with E-state index >= 15 is 0 Å². The van der Waals surface area contributed by atoms with Gasteiger partial charge in [-0.25, -0.2) is 19.3 Å². The molecule has 0 fully saturated rings. The maximum Gasteiger partial charge on any atom is 0.348 e. The molecule has 0 spiro atoms. The zero-order valence-electron chi connectivity index (χ0n) is 8.20. The van der Waals surface area contributed by atoms with Crippen molar-refractivity contribution in [3.05, 3.63) is 22.9 Å². The van der Waals surface area contributed by atoms with E-state index in [1.165, 1.54) is 22.5 Å². The quantitative estimate of drug-likeness (QED) is 0.462. The summed E-state index contributed by atoms with van der Waals surface area (Å²) in [5.74, 6) is 0.342. The van der Waals surface area contributed by atoms with E-state index in [0.29, 0.717) is 16.4 Å². The molecule has 0 aliphatic heterocycles. The number of fused-ring (bicyclic) bond motifs is 1. The number of thioether (sulfide) groups is 1. The van der Waals surface area contributed by atoms with Gasteiger partial charge in [-0.3, -0.25) is 0 Å². The highest BCUT2D eigenvalue weighted by atomic mass is 32.2. The predicted molar refractivity (Wildman–Crippen MR) is 57.4 cm³/mol. The second kappa shape index (κ2) is 4.64. The van der Waals surface area contributed by atoms with Gasteiger partial charge in [0.1, 0.15) is 11.4 Å². The molecule has 0 saturated carbocycles. The molecule has 1 atom stereocenters. The van der Waals surface area contributed by atoms with Crippen molar-refractivity contribution >= 4 is 17.4 Å². The van der Waals surface area contributed by atoms with Crippen LogP contribution in [0.25, 0.3) is 5.65 Å². The number of aromatic nitrogens is 4. The molecule has 0 bridgehead atoms. The highest BCUT2D eigenvalue weighted by Gasteiger charge is 2.06. The van der Waals surface area contributed by atoms with E-state index in [9.17, 15) is 4.79 Å². The normalized spacial score (nSPS) is 13.1. The first-order valence-corrected chi connectivity index (χ1v) is 5.54. The molecular weight excluding hydrogens is 232 g/mol. The van der Waals surface area contributed by atoms with Gasteiger partial charge in [-0.05, 0) is 0 Å². The van der Waals surface area contributed by atoms with Crippen molar-refractivity contribution < 1.29 is 10.2 Å². The zero-order valence-corrected chi connectivity index (χ0v) is 9.02. The number of nitrogens with zero attached hydrogens (tertiary/aromatic N) is 3. The Kier molecular flexibility index (Phi) is 3.22. The Morgan fingerprint density at radius 2 is 2.44 bits per heavy atom. The predicted octanol–water partition coefficient (Wildman–Crippen LogP) is -1.14. The number of rotatable bonds is 4. The summed E-state index contributed by atoms with van der Waals surface area (Å²) < 4.78 is 1.28. The van der Waals surface area contributed by atoms with Crippen LogP contribution in [0.2, 0.25) is 0 Å². The lowest BCUT2D eigenvalue weighted by Gasteiger charge is -2.05. The van der Waals surface area contributed by atoms with E-state index in [-0.39, 0.29) is 12.3 Å². The van der Waals surface area contributed by atoms with Crippen LogP contribution >= 0.6 is 11.8 Å². The standard InChI is InChI=1S/C8H10N4O3S/c13-2-5(14)3-16-7-1-6-10-11-8(15)12(6)4-9-7/h1,4-5,13-14H,2-3H2,(H,11,15). The van der Waals surface area contributed by atoms with E-state index in [1.807, 2.05) is 0 Å². The first kappa shape index (κ1) is 11.1. The van der Waals surface area contributed by atoms with Gasteiger partial charge in [-0.2, -0.15) is 5.10 Å². The second-order valence-electron chi connectivity index (χ2n) is 3.13. The summed E-state index contributed by atoms with van der Waals surface area (Å²) >= 11 is 1.29. The number of aliphatic hydroxyl groups excluding tert-OH is 2. The summed E-state index contributed by atoms with van der Waals surface area (Å²) in [7, 11) is 0. The third kappa shape index (κ3) is 2.23. The maximum atomic E-state index is 11.1.